The topological polar surface area (TPSA) is 65.9 Å². The van der Waals surface area contributed by atoms with Crippen LogP contribution in [0.1, 0.15) is 11.1 Å². The maximum Gasteiger partial charge on any atom is 0.191 e. The highest BCUT2D eigenvalue weighted by atomic mass is 19.1. The van der Waals surface area contributed by atoms with E-state index < -0.39 is 0 Å². The summed E-state index contributed by atoms with van der Waals surface area (Å²) >= 11 is 0. The van der Waals surface area contributed by atoms with Crippen LogP contribution in [0.2, 0.25) is 0 Å². The Morgan fingerprint density at radius 1 is 1.17 bits per heavy atom. The fourth-order valence-corrected chi connectivity index (χ4v) is 2.06. The van der Waals surface area contributed by atoms with Gasteiger partial charge in [0.2, 0.25) is 0 Å². The molecule has 0 aromatic heterocycles. The molecule has 0 spiro atoms. The second kappa shape index (κ2) is 8.03. The molecule has 0 saturated carbocycles. The third-order valence-corrected chi connectivity index (χ3v) is 3.31. The monoisotopic (exact) mass is 317 g/mol. The van der Waals surface area contributed by atoms with Crippen molar-refractivity contribution < 1.29 is 14.2 Å². The molecule has 0 amide bonds. The lowest BCUT2D eigenvalue weighted by Crippen LogP contribution is -2.36. The maximum atomic E-state index is 13.1. The number of aromatic hydroxyl groups is 1. The zero-order valence-corrected chi connectivity index (χ0v) is 13.1. The van der Waals surface area contributed by atoms with Crippen LogP contribution in [0.4, 0.5) is 4.39 Å². The SMILES string of the molecule is CN=C(NCc1cccc(F)c1)NCc1cc(OC)ccc1O. The fourth-order valence-electron chi connectivity index (χ4n) is 2.06. The largest absolute Gasteiger partial charge is 0.508 e. The molecule has 2 aromatic rings. The summed E-state index contributed by atoms with van der Waals surface area (Å²) in [7, 11) is 3.22. The lowest BCUT2D eigenvalue weighted by molar-refractivity contribution is 0.410. The Hall–Kier alpha value is -2.76. The average Bonchev–Trinajstić information content (AvgIpc) is 2.56. The van der Waals surface area contributed by atoms with E-state index in [1.54, 1.807) is 38.4 Å². The molecule has 6 heteroatoms. The molecular weight excluding hydrogens is 297 g/mol. The number of phenols is 1. The summed E-state index contributed by atoms with van der Waals surface area (Å²) in [4.78, 5) is 4.10. The number of nitrogens with one attached hydrogen (secondary N) is 2. The van der Waals surface area contributed by atoms with Crippen molar-refractivity contribution in [1.82, 2.24) is 10.6 Å². The van der Waals surface area contributed by atoms with E-state index >= 15 is 0 Å². The van der Waals surface area contributed by atoms with Gasteiger partial charge in [0.25, 0.3) is 0 Å². The smallest absolute Gasteiger partial charge is 0.191 e. The molecule has 0 aliphatic heterocycles. The van der Waals surface area contributed by atoms with Gasteiger partial charge in [0, 0.05) is 25.7 Å². The van der Waals surface area contributed by atoms with Crippen LogP contribution in [-0.2, 0) is 13.1 Å². The molecule has 0 aliphatic rings. The lowest BCUT2D eigenvalue weighted by Gasteiger charge is -2.13. The molecule has 0 heterocycles. The van der Waals surface area contributed by atoms with Crippen LogP contribution in [0.5, 0.6) is 11.5 Å². The Bertz CT molecular complexity index is 689. The molecule has 0 saturated heterocycles. The third kappa shape index (κ3) is 4.88. The number of nitrogens with zero attached hydrogens (tertiary/aromatic N) is 1. The van der Waals surface area contributed by atoms with Gasteiger partial charge in [0.15, 0.2) is 5.96 Å². The van der Waals surface area contributed by atoms with Gasteiger partial charge >= 0.3 is 0 Å². The fraction of sp³-hybridized carbons (Fsp3) is 0.235. The summed E-state index contributed by atoms with van der Waals surface area (Å²) < 4.78 is 18.3. The highest BCUT2D eigenvalue weighted by Crippen LogP contribution is 2.22. The summed E-state index contributed by atoms with van der Waals surface area (Å²) in [5.41, 5.74) is 1.51. The van der Waals surface area contributed by atoms with E-state index in [4.69, 9.17) is 4.74 Å². The number of hydrogen-bond acceptors (Lipinski definition) is 3. The minimum Gasteiger partial charge on any atom is -0.508 e. The molecule has 0 aliphatic carbocycles. The first-order valence-electron chi connectivity index (χ1n) is 7.17. The number of benzene rings is 2. The van der Waals surface area contributed by atoms with Gasteiger partial charge in [0.05, 0.1) is 7.11 Å². The normalized spacial score (nSPS) is 11.2. The molecule has 0 fully saturated rings. The van der Waals surface area contributed by atoms with E-state index in [1.807, 2.05) is 6.07 Å². The van der Waals surface area contributed by atoms with Crippen LogP contribution < -0.4 is 15.4 Å². The van der Waals surface area contributed by atoms with Crippen molar-refractivity contribution in [3.05, 3.63) is 59.4 Å². The third-order valence-electron chi connectivity index (χ3n) is 3.31. The summed E-state index contributed by atoms with van der Waals surface area (Å²) in [6, 6.07) is 11.4. The molecule has 122 valence electrons. The maximum absolute atomic E-state index is 13.1. The van der Waals surface area contributed by atoms with E-state index in [0.717, 1.165) is 5.56 Å². The number of hydrogen-bond donors (Lipinski definition) is 3. The Kier molecular flexibility index (Phi) is 5.80. The van der Waals surface area contributed by atoms with Gasteiger partial charge in [-0.2, -0.15) is 0 Å². The Labute approximate surface area is 134 Å². The molecule has 23 heavy (non-hydrogen) atoms. The first-order chi connectivity index (χ1) is 11.1. The molecular formula is C17H20FN3O2. The predicted molar refractivity (Wildman–Crippen MR) is 88.1 cm³/mol. The van der Waals surface area contributed by atoms with Gasteiger partial charge in [0.1, 0.15) is 17.3 Å². The summed E-state index contributed by atoms with van der Waals surface area (Å²) in [6.07, 6.45) is 0. The molecule has 0 bridgehead atoms. The molecule has 5 nitrogen and oxygen atoms in total. The molecule has 3 N–H and O–H groups in total. The minimum absolute atomic E-state index is 0.180. The van der Waals surface area contributed by atoms with Gasteiger partial charge in [-0.1, -0.05) is 12.1 Å². The Morgan fingerprint density at radius 3 is 2.65 bits per heavy atom. The molecule has 2 rings (SSSR count). The number of guanidine groups is 1. The number of ether oxygens (including phenoxy) is 1. The lowest BCUT2D eigenvalue weighted by atomic mass is 10.2. The van der Waals surface area contributed by atoms with Crippen LogP contribution >= 0.6 is 0 Å². The van der Waals surface area contributed by atoms with Gasteiger partial charge in [-0.15, -0.1) is 0 Å². The Balaban J connectivity index is 1.93. The van der Waals surface area contributed by atoms with Crippen molar-refractivity contribution in [3.8, 4) is 11.5 Å². The average molecular weight is 317 g/mol. The molecule has 0 unspecified atom stereocenters. The van der Waals surface area contributed by atoms with Crippen molar-refractivity contribution in [3.63, 3.8) is 0 Å². The summed E-state index contributed by atoms with van der Waals surface area (Å²) in [6.45, 7) is 0.827. The van der Waals surface area contributed by atoms with Crippen molar-refractivity contribution in [2.24, 2.45) is 4.99 Å². The highest BCUT2D eigenvalue weighted by molar-refractivity contribution is 5.79. The number of phenolic OH excluding ortho intramolecular Hbond substituents is 1. The second-order valence-corrected chi connectivity index (χ2v) is 4.90. The van der Waals surface area contributed by atoms with E-state index in [-0.39, 0.29) is 11.6 Å². The van der Waals surface area contributed by atoms with E-state index in [1.165, 1.54) is 12.1 Å². The van der Waals surface area contributed by atoms with Crippen LogP contribution in [0.25, 0.3) is 0 Å². The van der Waals surface area contributed by atoms with E-state index in [0.29, 0.717) is 30.4 Å². The van der Waals surface area contributed by atoms with Crippen LogP contribution in [0.15, 0.2) is 47.5 Å². The summed E-state index contributed by atoms with van der Waals surface area (Å²) in [5.74, 6) is 1.13. The molecule has 2 aromatic carbocycles. The standard InChI is InChI=1S/C17H20FN3O2/c1-19-17(20-10-12-4-3-5-14(18)8-12)21-11-13-9-15(23-2)6-7-16(13)22/h3-9,22H,10-11H2,1-2H3,(H2,19,20,21). The first kappa shape index (κ1) is 16.6. The van der Waals surface area contributed by atoms with Crippen molar-refractivity contribution >= 4 is 5.96 Å². The summed E-state index contributed by atoms with van der Waals surface area (Å²) in [5, 5.41) is 16.0. The van der Waals surface area contributed by atoms with E-state index in [9.17, 15) is 9.50 Å². The minimum atomic E-state index is -0.270. The predicted octanol–water partition coefficient (Wildman–Crippen LogP) is 2.41. The number of methoxy groups -OCH3 is 1. The number of rotatable bonds is 5. The van der Waals surface area contributed by atoms with Crippen molar-refractivity contribution in [1.29, 1.82) is 0 Å². The van der Waals surface area contributed by atoms with Crippen molar-refractivity contribution in [2.45, 2.75) is 13.1 Å². The quantitative estimate of drug-likeness (QED) is 0.585. The highest BCUT2D eigenvalue weighted by Gasteiger charge is 2.05. The van der Waals surface area contributed by atoms with Crippen LogP contribution in [0.3, 0.4) is 0 Å². The molecule has 0 radical (unpaired) electrons. The van der Waals surface area contributed by atoms with E-state index in [2.05, 4.69) is 15.6 Å². The number of halogens is 1. The van der Waals surface area contributed by atoms with Crippen molar-refractivity contribution in [2.75, 3.05) is 14.2 Å². The van der Waals surface area contributed by atoms with Gasteiger partial charge in [-0.25, -0.2) is 4.39 Å². The van der Waals surface area contributed by atoms with Crippen LogP contribution in [0, 0.1) is 5.82 Å². The first-order valence-corrected chi connectivity index (χ1v) is 7.17. The van der Waals surface area contributed by atoms with Gasteiger partial charge < -0.3 is 20.5 Å². The zero-order valence-electron chi connectivity index (χ0n) is 13.1. The van der Waals surface area contributed by atoms with Gasteiger partial charge in [-0.05, 0) is 35.9 Å². The molecule has 0 atom stereocenters. The zero-order chi connectivity index (χ0) is 16.7. The number of aliphatic imine (C=N–C) groups is 1. The van der Waals surface area contributed by atoms with Crippen LogP contribution in [-0.4, -0.2) is 25.2 Å². The van der Waals surface area contributed by atoms with Gasteiger partial charge in [-0.3, -0.25) is 4.99 Å². The second-order valence-electron chi connectivity index (χ2n) is 4.90. The Morgan fingerprint density at radius 2 is 1.96 bits per heavy atom.